The van der Waals surface area contributed by atoms with E-state index in [9.17, 15) is 9.59 Å². The zero-order valence-electron chi connectivity index (χ0n) is 15.7. The summed E-state index contributed by atoms with van der Waals surface area (Å²) in [5.41, 5.74) is 2.09. The molecule has 2 aromatic rings. The van der Waals surface area contributed by atoms with Crippen molar-refractivity contribution in [2.75, 3.05) is 27.1 Å². The fraction of sp³-hybridized carbons (Fsp3) is 0.316. The van der Waals surface area contributed by atoms with E-state index in [2.05, 4.69) is 10.3 Å². The van der Waals surface area contributed by atoms with Gasteiger partial charge in [0.15, 0.2) is 18.2 Å². The number of hydrogen-bond donors (Lipinski definition) is 1. The lowest BCUT2D eigenvalue weighted by Gasteiger charge is -2.16. The van der Waals surface area contributed by atoms with Crippen LogP contribution in [-0.4, -0.2) is 43.9 Å². The van der Waals surface area contributed by atoms with Crippen LogP contribution in [0.25, 0.3) is 11.1 Å². The number of rotatable bonds is 8. The number of amides is 1. The Labute approximate surface area is 172 Å². The van der Waals surface area contributed by atoms with E-state index in [1.165, 1.54) is 13.3 Å². The number of carbonyl (C=O) groups excluding carboxylic acids is 2. The van der Waals surface area contributed by atoms with Crippen LogP contribution in [0.2, 0.25) is 10.0 Å². The number of esters is 1. The summed E-state index contributed by atoms with van der Waals surface area (Å²) in [5, 5.41) is 3.41. The van der Waals surface area contributed by atoms with Gasteiger partial charge in [-0.25, -0.2) is 4.98 Å². The number of pyridine rings is 1. The number of benzene rings is 1. The molecule has 1 N–H and O–H groups in total. The van der Waals surface area contributed by atoms with Crippen molar-refractivity contribution >= 4 is 35.1 Å². The Morgan fingerprint density at radius 2 is 1.86 bits per heavy atom. The van der Waals surface area contributed by atoms with Crippen molar-refractivity contribution in [2.24, 2.45) is 0 Å². The second-order valence-electron chi connectivity index (χ2n) is 5.67. The van der Waals surface area contributed by atoms with Gasteiger partial charge in [0.25, 0.3) is 5.91 Å². The Hall–Kier alpha value is -2.35. The van der Waals surface area contributed by atoms with E-state index >= 15 is 0 Å². The van der Waals surface area contributed by atoms with Crippen LogP contribution in [0, 0.1) is 6.92 Å². The summed E-state index contributed by atoms with van der Waals surface area (Å²) >= 11 is 12.2. The third-order valence-corrected chi connectivity index (χ3v) is 4.13. The van der Waals surface area contributed by atoms with E-state index in [0.717, 1.165) is 5.56 Å². The van der Waals surface area contributed by atoms with Crippen molar-refractivity contribution in [1.29, 1.82) is 0 Å². The van der Waals surface area contributed by atoms with Crippen molar-refractivity contribution in [3.63, 3.8) is 0 Å². The highest BCUT2D eigenvalue weighted by atomic mass is 35.5. The molecule has 0 aliphatic carbocycles. The molecule has 0 spiro atoms. The van der Waals surface area contributed by atoms with Gasteiger partial charge in [0.1, 0.15) is 6.54 Å². The first-order valence-corrected chi connectivity index (χ1v) is 9.14. The third-order valence-electron chi connectivity index (χ3n) is 3.69. The molecular weight excluding hydrogens is 407 g/mol. The lowest BCUT2D eigenvalue weighted by atomic mass is 10.0. The van der Waals surface area contributed by atoms with Crippen molar-refractivity contribution in [1.82, 2.24) is 10.3 Å². The molecule has 0 radical (unpaired) electrons. The quantitative estimate of drug-likeness (QED) is 0.512. The summed E-state index contributed by atoms with van der Waals surface area (Å²) in [6.07, 6.45) is 1.52. The molecule has 2 rings (SSSR count). The van der Waals surface area contributed by atoms with E-state index < -0.39 is 11.9 Å². The van der Waals surface area contributed by atoms with Gasteiger partial charge in [-0.1, -0.05) is 23.2 Å². The molecule has 0 aliphatic rings. The van der Waals surface area contributed by atoms with Gasteiger partial charge in [0, 0.05) is 34.5 Å². The molecule has 1 heterocycles. The molecule has 0 fully saturated rings. The SMILES string of the molecule is CCOC(=O)CNC(=O)c1ncc(-c2cc(Cl)cc(Cl)c2)c(C)c1OCOC. The predicted molar refractivity (Wildman–Crippen MR) is 106 cm³/mol. The lowest BCUT2D eigenvalue weighted by Crippen LogP contribution is -2.31. The number of ether oxygens (including phenoxy) is 3. The number of nitrogens with zero attached hydrogens (tertiary/aromatic N) is 1. The van der Waals surface area contributed by atoms with Crippen LogP contribution in [-0.2, 0) is 14.3 Å². The van der Waals surface area contributed by atoms with Crippen LogP contribution < -0.4 is 10.1 Å². The topological polar surface area (TPSA) is 86.8 Å². The molecule has 1 amide bonds. The normalized spacial score (nSPS) is 10.5. The standard InChI is InChI=1S/C19H20Cl2N2O5/c1-4-27-16(24)9-23-19(25)17-18(28-10-26-3)11(2)15(8-22-17)12-5-13(20)7-14(21)6-12/h5-8H,4,9-10H2,1-3H3,(H,23,25). The molecule has 0 bridgehead atoms. The lowest BCUT2D eigenvalue weighted by molar-refractivity contribution is -0.141. The van der Waals surface area contributed by atoms with Crippen LogP contribution in [0.1, 0.15) is 23.0 Å². The van der Waals surface area contributed by atoms with E-state index in [1.807, 2.05) is 0 Å². The average molecular weight is 427 g/mol. The van der Waals surface area contributed by atoms with Crippen LogP contribution in [0.4, 0.5) is 0 Å². The monoisotopic (exact) mass is 426 g/mol. The number of methoxy groups -OCH3 is 1. The summed E-state index contributed by atoms with van der Waals surface area (Å²) in [7, 11) is 1.46. The van der Waals surface area contributed by atoms with Crippen molar-refractivity contribution in [3.8, 4) is 16.9 Å². The zero-order valence-corrected chi connectivity index (χ0v) is 17.2. The Bertz CT molecular complexity index is 853. The average Bonchev–Trinajstić information content (AvgIpc) is 2.64. The molecule has 1 aromatic carbocycles. The second-order valence-corrected chi connectivity index (χ2v) is 6.54. The molecule has 0 unspecified atom stereocenters. The Morgan fingerprint density at radius 3 is 2.46 bits per heavy atom. The summed E-state index contributed by atoms with van der Waals surface area (Å²) in [6.45, 7) is 3.33. The molecular formula is C19H20Cl2N2O5. The molecule has 0 saturated heterocycles. The summed E-state index contributed by atoms with van der Waals surface area (Å²) in [6, 6.07) is 5.09. The largest absolute Gasteiger partial charge is 0.465 e. The number of carbonyl (C=O) groups is 2. The molecule has 7 nitrogen and oxygen atoms in total. The fourth-order valence-corrected chi connectivity index (χ4v) is 3.02. The molecule has 1 aromatic heterocycles. The molecule has 28 heavy (non-hydrogen) atoms. The summed E-state index contributed by atoms with van der Waals surface area (Å²) in [4.78, 5) is 28.2. The molecule has 0 saturated carbocycles. The smallest absolute Gasteiger partial charge is 0.325 e. The molecule has 150 valence electrons. The Kier molecular flexibility index (Phi) is 8.04. The number of nitrogens with one attached hydrogen (secondary N) is 1. The highest BCUT2D eigenvalue weighted by molar-refractivity contribution is 6.35. The summed E-state index contributed by atoms with van der Waals surface area (Å²) < 4.78 is 15.3. The van der Waals surface area contributed by atoms with Gasteiger partial charge in [-0.15, -0.1) is 0 Å². The molecule has 9 heteroatoms. The van der Waals surface area contributed by atoms with Crippen LogP contribution in [0.5, 0.6) is 5.75 Å². The Morgan fingerprint density at radius 1 is 1.18 bits per heavy atom. The van der Waals surface area contributed by atoms with Crippen LogP contribution >= 0.6 is 23.2 Å². The van der Waals surface area contributed by atoms with Gasteiger partial charge in [-0.3, -0.25) is 9.59 Å². The minimum Gasteiger partial charge on any atom is -0.465 e. The second kappa shape index (κ2) is 10.3. The van der Waals surface area contributed by atoms with Crippen LogP contribution in [0.15, 0.2) is 24.4 Å². The van der Waals surface area contributed by atoms with E-state index in [1.54, 1.807) is 32.0 Å². The molecule has 0 aliphatic heterocycles. The van der Waals surface area contributed by atoms with Gasteiger partial charge in [0.05, 0.1) is 6.61 Å². The first kappa shape index (κ1) is 21.9. The van der Waals surface area contributed by atoms with E-state index in [-0.39, 0.29) is 31.4 Å². The van der Waals surface area contributed by atoms with Gasteiger partial charge in [-0.05, 0) is 37.6 Å². The van der Waals surface area contributed by atoms with Crippen molar-refractivity contribution < 1.29 is 23.8 Å². The number of hydrogen-bond acceptors (Lipinski definition) is 6. The minimum atomic E-state index is -0.571. The maximum Gasteiger partial charge on any atom is 0.325 e. The number of halogens is 2. The fourth-order valence-electron chi connectivity index (χ4n) is 2.49. The maximum atomic E-state index is 12.5. The minimum absolute atomic E-state index is 0.0238. The third kappa shape index (κ3) is 5.58. The highest BCUT2D eigenvalue weighted by Crippen LogP contribution is 2.34. The van der Waals surface area contributed by atoms with E-state index in [0.29, 0.717) is 21.2 Å². The highest BCUT2D eigenvalue weighted by Gasteiger charge is 2.21. The van der Waals surface area contributed by atoms with Gasteiger partial charge in [0.2, 0.25) is 0 Å². The Balaban J connectivity index is 2.40. The van der Waals surface area contributed by atoms with Crippen LogP contribution in [0.3, 0.4) is 0 Å². The first-order chi connectivity index (χ1) is 13.4. The van der Waals surface area contributed by atoms with Gasteiger partial charge < -0.3 is 19.5 Å². The van der Waals surface area contributed by atoms with Gasteiger partial charge >= 0.3 is 5.97 Å². The first-order valence-electron chi connectivity index (χ1n) is 8.39. The summed E-state index contributed by atoms with van der Waals surface area (Å²) in [5.74, 6) is -0.883. The van der Waals surface area contributed by atoms with E-state index in [4.69, 9.17) is 37.4 Å². The zero-order chi connectivity index (χ0) is 20.7. The maximum absolute atomic E-state index is 12.5. The predicted octanol–water partition coefficient (Wildman–Crippen LogP) is 3.64. The molecule has 0 atom stereocenters. The van der Waals surface area contributed by atoms with Crippen molar-refractivity contribution in [2.45, 2.75) is 13.8 Å². The number of aromatic nitrogens is 1. The van der Waals surface area contributed by atoms with Crippen molar-refractivity contribution in [3.05, 3.63) is 45.7 Å². The van der Waals surface area contributed by atoms with Gasteiger partial charge in [-0.2, -0.15) is 0 Å².